The summed E-state index contributed by atoms with van der Waals surface area (Å²) >= 11 is 5.90. The van der Waals surface area contributed by atoms with Crippen molar-refractivity contribution in [3.8, 4) is 0 Å². The Morgan fingerprint density at radius 1 is 1.50 bits per heavy atom. The molecule has 6 heteroatoms. The van der Waals surface area contributed by atoms with Crippen molar-refractivity contribution in [1.29, 1.82) is 0 Å². The van der Waals surface area contributed by atoms with Crippen LogP contribution in [0.3, 0.4) is 0 Å². The van der Waals surface area contributed by atoms with Crippen LogP contribution in [-0.2, 0) is 13.0 Å². The third kappa shape index (κ3) is 2.52. The molecular formula is C12H13ClFN3O. The fourth-order valence-electron chi connectivity index (χ4n) is 1.81. The van der Waals surface area contributed by atoms with Crippen molar-refractivity contribution in [1.82, 2.24) is 14.8 Å². The average molecular weight is 270 g/mol. The van der Waals surface area contributed by atoms with E-state index in [0.29, 0.717) is 12.4 Å². The molecule has 2 aromatic rings. The van der Waals surface area contributed by atoms with Gasteiger partial charge in [0.15, 0.2) is 0 Å². The molecule has 0 aliphatic carbocycles. The molecule has 0 amide bonds. The number of nitrogens with zero attached hydrogens (tertiary/aromatic N) is 3. The third-order valence-electron chi connectivity index (χ3n) is 2.70. The van der Waals surface area contributed by atoms with E-state index >= 15 is 0 Å². The maximum Gasteiger partial charge on any atom is 0.138 e. The van der Waals surface area contributed by atoms with Crippen LogP contribution in [0, 0.1) is 5.82 Å². The molecule has 0 radical (unpaired) electrons. The second-order valence-corrected chi connectivity index (χ2v) is 4.25. The van der Waals surface area contributed by atoms with Crippen molar-refractivity contribution in [2.24, 2.45) is 0 Å². The fourth-order valence-corrected chi connectivity index (χ4v) is 2.10. The second kappa shape index (κ2) is 5.46. The largest absolute Gasteiger partial charge is 0.388 e. The Labute approximate surface area is 109 Å². The van der Waals surface area contributed by atoms with E-state index in [4.69, 9.17) is 11.6 Å². The van der Waals surface area contributed by atoms with Gasteiger partial charge in [-0.3, -0.25) is 4.68 Å². The predicted octanol–water partition coefficient (Wildman–Crippen LogP) is 2.37. The molecule has 0 saturated heterocycles. The molecule has 1 aromatic carbocycles. The molecule has 1 N–H and O–H groups in total. The van der Waals surface area contributed by atoms with Crippen LogP contribution in [-0.4, -0.2) is 19.9 Å². The van der Waals surface area contributed by atoms with Gasteiger partial charge in [-0.2, -0.15) is 5.10 Å². The zero-order valence-electron chi connectivity index (χ0n) is 9.85. The number of halogens is 2. The van der Waals surface area contributed by atoms with Crippen molar-refractivity contribution in [2.75, 3.05) is 0 Å². The molecule has 1 unspecified atom stereocenters. The number of aromatic nitrogens is 3. The monoisotopic (exact) mass is 269 g/mol. The topological polar surface area (TPSA) is 50.9 Å². The van der Waals surface area contributed by atoms with Gasteiger partial charge in [-0.25, -0.2) is 9.37 Å². The zero-order chi connectivity index (χ0) is 13.1. The van der Waals surface area contributed by atoms with Crippen molar-refractivity contribution >= 4 is 11.6 Å². The van der Waals surface area contributed by atoms with Gasteiger partial charge in [-0.15, -0.1) is 0 Å². The number of aliphatic hydroxyl groups is 1. The zero-order valence-corrected chi connectivity index (χ0v) is 10.6. The van der Waals surface area contributed by atoms with E-state index in [9.17, 15) is 9.50 Å². The highest BCUT2D eigenvalue weighted by molar-refractivity contribution is 6.31. The van der Waals surface area contributed by atoms with Crippen LogP contribution in [0.15, 0.2) is 24.5 Å². The number of aliphatic hydroxyl groups excluding tert-OH is 1. The summed E-state index contributed by atoms with van der Waals surface area (Å²) in [6.45, 7) is 2.56. The van der Waals surface area contributed by atoms with Crippen LogP contribution in [0.5, 0.6) is 0 Å². The van der Waals surface area contributed by atoms with Gasteiger partial charge in [0.25, 0.3) is 0 Å². The Morgan fingerprint density at radius 2 is 2.28 bits per heavy atom. The van der Waals surface area contributed by atoms with Crippen LogP contribution in [0.2, 0.25) is 5.02 Å². The van der Waals surface area contributed by atoms with Gasteiger partial charge >= 0.3 is 0 Å². The van der Waals surface area contributed by atoms with E-state index in [-0.39, 0.29) is 17.0 Å². The van der Waals surface area contributed by atoms with Crippen LogP contribution < -0.4 is 0 Å². The third-order valence-corrected chi connectivity index (χ3v) is 3.03. The van der Waals surface area contributed by atoms with E-state index in [0.717, 1.165) is 0 Å². The SMILES string of the molecule is CCn1ncnc1CC(O)c1c(F)cccc1Cl. The normalized spacial score (nSPS) is 12.7. The van der Waals surface area contributed by atoms with E-state index in [1.807, 2.05) is 6.92 Å². The minimum absolute atomic E-state index is 0.102. The lowest BCUT2D eigenvalue weighted by Crippen LogP contribution is -2.11. The smallest absolute Gasteiger partial charge is 0.138 e. The van der Waals surface area contributed by atoms with Crippen molar-refractivity contribution < 1.29 is 9.50 Å². The highest BCUT2D eigenvalue weighted by atomic mass is 35.5. The Bertz CT molecular complexity index is 524. The van der Waals surface area contributed by atoms with E-state index < -0.39 is 11.9 Å². The summed E-state index contributed by atoms with van der Waals surface area (Å²) in [5.74, 6) is 0.0851. The van der Waals surface area contributed by atoms with Crippen LogP contribution in [0.4, 0.5) is 4.39 Å². The Balaban J connectivity index is 2.25. The standard InChI is InChI=1S/C12H13ClFN3O/c1-2-17-11(15-7-16-17)6-10(18)12-8(13)4-3-5-9(12)14/h3-5,7,10,18H,2,6H2,1H3. The lowest BCUT2D eigenvalue weighted by atomic mass is 10.1. The molecule has 1 aromatic heterocycles. The van der Waals surface area contributed by atoms with Gasteiger partial charge in [-0.05, 0) is 19.1 Å². The van der Waals surface area contributed by atoms with Gasteiger partial charge in [0, 0.05) is 23.6 Å². The molecule has 0 fully saturated rings. The minimum atomic E-state index is -1.03. The molecule has 0 bridgehead atoms. The molecular weight excluding hydrogens is 257 g/mol. The van der Waals surface area contributed by atoms with Gasteiger partial charge in [-0.1, -0.05) is 17.7 Å². The van der Waals surface area contributed by atoms with Crippen molar-refractivity contribution in [3.63, 3.8) is 0 Å². The van der Waals surface area contributed by atoms with E-state index in [1.54, 1.807) is 10.7 Å². The first-order valence-electron chi connectivity index (χ1n) is 5.62. The predicted molar refractivity (Wildman–Crippen MR) is 65.8 cm³/mol. The molecule has 0 saturated carbocycles. The van der Waals surface area contributed by atoms with E-state index in [1.165, 1.54) is 18.5 Å². The molecule has 4 nitrogen and oxygen atoms in total. The van der Waals surface area contributed by atoms with E-state index in [2.05, 4.69) is 10.1 Å². The maximum absolute atomic E-state index is 13.6. The second-order valence-electron chi connectivity index (χ2n) is 3.85. The maximum atomic E-state index is 13.6. The molecule has 0 aliphatic heterocycles. The Kier molecular flexibility index (Phi) is 3.93. The summed E-state index contributed by atoms with van der Waals surface area (Å²) < 4.78 is 15.3. The number of hydrogen-bond donors (Lipinski definition) is 1. The highest BCUT2D eigenvalue weighted by Crippen LogP contribution is 2.27. The first-order valence-corrected chi connectivity index (χ1v) is 6.00. The van der Waals surface area contributed by atoms with Crippen LogP contribution in [0.1, 0.15) is 24.4 Å². The summed E-state index contributed by atoms with van der Waals surface area (Å²) in [4.78, 5) is 4.04. The molecule has 2 rings (SSSR count). The van der Waals surface area contributed by atoms with Gasteiger partial charge < -0.3 is 5.11 Å². The number of rotatable bonds is 4. The number of aryl methyl sites for hydroxylation is 1. The summed E-state index contributed by atoms with van der Waals surface area (Å²) in [7, 11) is 0. The minimum Gasteiger partial charge on any atom is -0.388 e. The van der Waals surface area contributed by atoms with Gasteiger partial charge in [0.1, 0.15) is 18.0 Å². The molecule has 0 aliphatic rings. The Hall–Kier alpha value is -1.46. The molecule has 96 valence electrons. The van der Waals surface area contributed by atoms with Crippen LogP contribution >= 0.6 is 11.6 Å². The average Bonchev–Trinajstić information content (AvgIpc) is 2.76. The fraction of sp³-hybridized carbons (Fsp3) is 0.333. The molecule has 1 atom stereocenters. The number of benzene rings is 1. The summed E-state index contributed by atoms with van der Waals surface area (Å²) in [5.41, 5.74) is 0.102. The molecule has 1 heterocycles. The lowest BCUT2D eigenvalue weighted by Gasteiger charge is -2.13. The van der Waals surface area contributed by atoms with Gasteiger partial charge in [0.2, 0.25) is 0 Å². The summed E-state index contributed by atoms with van der Waals surface area (Å²) in [5, 5.41) is 14.3. The Morgan fingerprint density at radius 3 is 2.94 bits per heavy atom. The first-order chi connectivity index (χ1) is 8.63. The summed E-state index contributed by atoms with van der Waals surface area (Å²) in [6.07, 6.45) is 0.552. The summed E-state index contributed by atoms with van der Waals surface area (Å²) in [6, 6.07) is 4.32. The van der Waals surface area contributed by atoms with Crippen LogP contribution in [0.25, 0.3) is 0 Å². The molecule has 18 heavy (non-hydrogen) atoms. The van der Waals surface area contributed by atoms with Gasteiger partial charge in [0.05, 0.1) is 6.10 Å². The highest BCUT2D eigenvalue weighted by Gasteiger charge is 2.19. The quantitative estimate of drug-likeness (QED) is 0.927. The van der Waals surface area contributed by atoms with Crippen molar-refractivity contribution in [3.05, 3.63) is 46.8 Å². The molecule has 0 spiro atoms. The van der Waals surface area contributed by atoms with Crippen molar-refractivity contribution in [2.45, 2.75) is 26.0 Å². The number of hydrogen-bond acceptors (Lipinski definition) is 3. The first kappa shape index (κ1) is 13.0. The lowest BCUT2D eigenvalue weighted by molar-refractivity contribution is 0.169.